The molecule has 0 unspecified atom stereocenters. The van der Waals surface area contributed by atoms with Crippen LogP contribution in [0.5, 0.6) is 5.75 Å². The molecule has 0 spiro atoms. The van der Waals surface area contributed by atoms with E-state index in [2.05, 4.69) is 15.5 Å². The van der Waals surface area contributed by atoms with Crippen LogP contribution >= 0.6 is 23.2 Å². The van der Waals surface area contributed by atoms with E-state index in [0.717, 1.165) is 0 Å². The Morgan fingerprint density at radius 3 is 2.85 bits per heavy atom. The summed E-state index contributed by atoms with van der Waals surface area (Å²) >= 11 is 11.7. The third kappa shape index (κ3) is 4.11. The quantitative estimate of drug-likeness (QED) is 0.916. The summed E-state index contributed by atoms with van der Waals surface area (Å²) in [6.07, 6.45) is 0. The van der Waals surface area contributed by atoms with E-state index in [9.17, 15) is 4.79 Å². The Bertz CT molecular complexity index is 616. The van der Waals surface area contributed by atoms with E-state index in [1.807, 2.05) is 0 Å². The van der Waals surface area contributed by atoms with Gasteiger partial charge in [-0.25, -0.2) is 0 Å². The normalized spacial score (nSPS) is 10.3. The number of carbonyl (C=O) groups is 1. The molecule has 0 atom stereocenters. The molecule has 0 aliphatic carbocycles. The second-order valence-corrected chi connectivity index (χ2v) is 4.70. The van der Waals surface area contributed by atoms with Gasteiger partial charge in [-0.05, 0) is 18.2 Å². The first-order chi connectivity index (χ1) is 9.54. The molecule has 1 N–H and O–H groups in total. The van der Waals surface area contributed by atoms with Gasteiger partial charge in [0.2, 0.25) is 11.8 Å². The van der Waals surface area contributed by atoms with Crippen molar-refractivity contribution in [1.29, 1.82) is 0 Å². The molecule has 0 fully saturated rings. The van der Waals surface area contributed by atoms with Crippen LogP contribution in [0.1, 0.15) is 11.8 Å². The summed E-state index contributed by atoms with van der Waals surface area (Å²) in [5.74, 6) is 0.838. The van der Waals surface area contributed by atoms with Crippen LogP contribution in [0.3, 0.4) is 0 Å². The summed E-state index contributed by atoms with van der Waals surface area (Å²) in [5.41, 5.74) is 0. The predicted molar refractivity (Wildman–Crippen MR) is 72.8 cm³/mol. The lowest BCUT2D eigenvalue weighted by Gasteiger charge is -2.07. The van der Waals surface area contributed by atoms with Gasteiger partial charge >= 0.3 is 0 Å². The number of amides is 1. The van der Waals surface area contributed by atoms with E-state index in [-0.39, 0.29) is 19.1 Å². The van der Waals surface area contributed by atoms with E-state index in [4.69, 9.17) is 32.4 Å². The highest BCUT2D eigenvalue weighted by molar-refractivity contribution is 6.35. The third-order valence-electron chi connectivity index (χ3n) is 2.26. The second-order valence-electron chi connectivity index (χ2n) is 3.85. The molecule has 2 aromatic rings. The average Bonchev–Trinajstić information content (AvgIpc) is 2.81. The van der Waals surface area contributed by atoms with Gasteiger partial charge in [-0.1, -0.05) is 23.2 Å². The van der Waals surface area contributed by atoms with Gasteiger partial charge in [0, 0.05) is 11.9 Å². The molecule has 1 amide bonds. The molecular weight excluding hydrogens is 305 g/mol. The van der Waals surface area contributed by atoms with Crippen LogP contribution in [0, 0.1) is 6.92 Å². The monoisotopic (exact) mass is 315 g/mol. The first-order valence-electron chi connectivity index (χ1n) is 5.68. The number of aromatic nitrogens is 2. The number of rotatable bonds is 5. The molecule has 1 aromatic heterocycles. The van der Waals surface area contributed by atoms with E-state index >= 15 is 0 Å². The largest absolute Gasteiger partial charge is 0.482 e. The molecule has 2 rings (SSSR count). The molecule has 0 saturated heterocycles. The van der Waals surface area contributed by atoms with E-state index in [1.165, 1.54) is 6.07 Å². The maximum atomic E-state index is 11.6. The Morgan fingerprint density at radius 2 is 2.20 bits per heavy atom. The van der Waals surface area contributed by atoms with E-state index < -0.39 is 0 Å². The molecule has 106 valence electrons. The minimum Gasteiger partial charge on any atom is -0.482 e. The molecule has 20 heavy (non-hydrogen) atoms. The van der Waals surface area contributed by atoms with Crippen molar-refractivity contribution < 1.29 is 13.9 Å². The number of carbonyl (C=O) groups excluding carboxylic acids is 1. The minimum absolute atomic E-state index is 0.150. The maximum Gasteiger partial charge on any atom is 0.258 e. The summed E-state index contributed by atoms with van der Waals surface area (Å²) in [6, 6.07) is 4.76. The van der Waals surface area contributed by atoms with E-state index in [1.54, 1.807) is 19.1 Å². The topological polar surface area (TPSA) is 77.2 Å². The molecule has 1 aromatic carbocycles. The third-order valence-corrected chi connectivity index (χ3v) is 2.79. The SMILES string of the molecule is Cc1nnc(CNC(=O)COc2ccc(Cl)cc2Cl)o1. The number of benzene rings is 1. The van der Waals surface area contributed by atoms with Crippen LogP contribution in [0.4, 0.5) is 0 Å². The van der Waals surface area contributed by atoms with Gasteiger partial charge in [0.05, 0.1) is 11.6 Å². The lowest BCUT2D eigenvalue weighted by molar-refractivity contribution is -0.123. The second kappa shape index (κ2) is 6.58. The van der Waals surface area contributed by atoms with Crippen LogP contribution in [-0.4, -0.2) is 22.7 Å². The van der Waals surface area contributed by atoms with Crippen LogP contribution < -0.4 is 10.1 Å². The Morgan fingerprint density at radius 1 is 1.40 bits per heavy atom. The zero-order valence-corrected chi connectivity index (χ0v) is 12.0. The molecule has 0 aliphatic rings. The zero-order chi connectivity index (χ0) is 14.5. The molecule has 0 aliphatic heterocycles. The van der Waals surface area contributed by atoms with Gasteiger partial charge in [0.25, 0.3) is 5.91 Å². The zero-order valence-electron chi connectivity index (χ0n) is 10.5. The lowest BCUT2D eigenvalue weighted by Crippen LogP contribution is -2.28. The van der Waals surface area contributed by atoms with Crippen molar-refractivity contribution in [2.24, 2.45) is 0 Å². The van der Waals surface area contributed by atoms with Crippen molar-refractivity contribution in [3.05, 3.63) is 40.0 Å². The first-order valence-corrected chi connectivity index (χ1v) is 6.43. The maximum absolute atomic E-state index is 11.6. The van der Waals surface area contributed by atoms with Crippen molar-refractivity contribution in [1.82, 2.24) is 15.5 Å². The van der Waals surface area contributed by atoms with Crippen molar-refractivity contribution in [2.45, 2.75) is 13.5 Å². The summed E-state index contributed by atoms with van der Waals surface area (Å²) in [4.78, 5) is 11.6. The average molecular weight is 316 g/mol. The lowest BCUT2D eigenvalue weighted by atomic mass is 10.3. The number of ether oxygens (including phenoxy) is 1. The summed E-state index contributed by atoms with van der Waals surface area (Å²) in [6.45, 7) is 1.65. The summed E-state index contributed by atoms with van der Waals surface area (Å²) < 4.78 is 10.4. The Kier molecular flexibility index (Phi) is 4.81. The highest BCUT2D eigenvalue weighted by Gasteiger charge is 2.08. The summed E-state index contributed by atoms with van der Waals surface area (Å²) in [7, 11) is 0. The standard InChI is InChI=1S/C12H11Cl2N3O3/c1-7-16-17-12(20-7)5-15-11(18)6-19-10-3-2-8(13)4-9(10)14/h2-4H,5-6H2,1H3,(H,15,18). The molecular formula is C12H11Cl2N3O3. The van der Waals surface area contributed by atoms with Crippen LogP contribution in [0.2, 0.25) is 10.0 Å². The fraction of sp³-hybridized carbons (Fsp3) is 0.250. The number of nitrogens with zero attached hydrogens (tertiary/aromatic N) is 2. The number of nitrogens with one attached hydrogen (secondary N) is 1. The highest BCUT2D eigenvalue weighted by Crippen LogP contribution is 2.27. The number of hydrogen-bond acceptors (Lipinski definition) is 5. The fourth-order valence-electron chi connectivity index (χ4n) is 1.37. The molecule has 1 heterocycles. The minimum atomic E-state index is -0.327. The summed E-state index contributed by atoms with van der Waals surface area (Å²) in [5, 5.41) is 10.8. The molecule has 6 nitrogen and oxygen atoms in total. The predicted octanol–water partition coefficient (Wildman–Crippen LogP) is 2.38. The molecule has 8 heteroatoms. The van der Waals surface area contributed by atoms with Gasteiger partial charge < -0.3 is 14.5 Å². The first kappa shape index (κ1) is 14.6. The molecule has 0 saturated carbocycles. The number of aryl methyl sites for hydroxylation is 1. The van der Waals surface area contributed by atoms with Gasteiger partial charge in [0.1, 0.15) is 5.75 Å². The van der Waals surface area contributed by atoms with Crippen molar-refractivity contribution >= 4 is 29.1 Å². The Hall–Kier alpha value is -1.79. The number of halogens is 2. The van der Waals surface area contributed by atoms with Gasteiger partial charge in [0.15, 0.2) is 6.61 Å². The van der Waals surface area contributed by atoms with Crippen LogP contribution in [0.25, 0.3) is 0 Å². The van der Waals surface area contributed by atoms with Gasteiger partial charge in [-0.15, -0.1) is 10.2 Å². The number of hydrogen-bond donors (Lipinski definition) is 1. The fourth-order valence-corrected chi connectivity index (χ4v) is 1.83. The van der Waals surface area contributed by atoms with Gasteiger partial charge in [-0.3, -0.25) is 4.79 Å². The van der Waals surface area contributed by atoms with E-state index in [0.29, 0.717) is 27.6 Å². The van der Waals surface area contributed by atoms with Gasteiger partial charge in [-0.2, -0.15) is 0 Å². The van der Waals surface area contributed by atoms with Crippen LogP contribution in [0.15, 0.2) is 22.6 Å². The highest BCUT2D eigenvalue weighted by atomic mass is 35.5. The van der Waals surface area contributed by atoms with Crippen LogP contribution in [-0.2, 0) is 11.3 Å². The van der Waals surface area contributed by atoms with Crippen molar-refractivity contribution in [3.63, 3.8) is 0 Å². The molecule has 0 bridgehead atoms. The Labute approximate surface area is 125 Å². The molecule has 0 radical (unpaired) electrons. The van der Waals surface area contributed by atoms with Crippen molar-refractivity contribution in [3.8, 4) is 5.75 Å². The van der Waals surface area contributed by atoms with Crippen molar-refractivity contribution in [2.75, 3.05) is 6.61 Å². The smallest absolute Gasteiger partial charge is 0.258 e. The Balaban J connectivity index is 1.80.